The van der Waals surface area contributed by atoms with E-state index in [0.717, 1.165) is 5.01 Å². The molecule has 1 saturated heterocycles. The van der Waals surface area contributed by atoms with Crippen LogP contribution >= 0.6 is 0 Å². The molecular formula is C23H25N3O8. The quantitative estimate of drug-likeness (QED) is 0.525. The van der Waals surface area contributed by atoms with Crippen molar-refractivity contribution in [1.82, 2.24) is 10.4 Å². The fourth-order valence-electron chi connectivity index (χ4n) is 3.38. The molecular weight excluding hydrogens is 446 g/mol. The van der Waals surface area contributed by atoms with E-state index in [1.807, 2.05) is 0 Å². The summed E-state index contributed by atoms with van der Waals surface area (Å²) in [6.07, 6.45) is -0.167. The lowest BCUT2D eigenvalue weighted by Gasteiger charge is -2.19. The standard InChI is InChI=1S/C23H25N3O8/c1-31-16-7-4-6-15(11-16)24-19(27)13-34-23(30)14-10-20(28)26(12-14)25-22(29)21-17(32-2)8-5-9-18(21)33-3/h4-9,11,14H,10,12-13H2,1-3H3,(H,24,27)(H,25,29)/t14-/m1/s1. The lowest BCUT2D eigenvalue weighted by atomic mass is 10.1. The SMILES string of the molecule is COc1cccc(NC(=O)COC(=O)[C@@H]2CC(=O)N(NC(=O)c3c(OC)cccc3OC)C2)c1. The van der Waals surface area contributed by atoms with Crippen LogP contribution in [-0.2, 0) is 19.1 Å². The summed E-state index contributed by atoms with van der Waals surface area (Å²) >= 11 is 0. The van der Waals surface area contributed by atoms with Crippen LogP contribution in [0.4, 0.5) is 5.69 Å². The monoisotopic (exact) mass is 471 g/mol. The minimum absolute atomic E-state index is 0.0988. The van der Waals surface area contributed by atoms with Crippen molar-refractivity contribution < 1.29 is 38.1 Å². The molecule has 1 heterocycles. The molecule has 0 unspecified atom stereocenters. The summed E-state index contributed by atoms with van der Waals surface area (Å²) in [5.74, 6) is -2.11. The Kier molecular flexibility index (Phi) is 7.91. The highest BCUT2D eigenvalue weighted by Crippen LogP contribution is 2.28. The first-order valence-electron chi connectivity index (χ1n) is 10.3. The largest absolute Gasteiger partial charge is 0.497 e. The highest BCUT2D eigenvalue weighted by molar-refractivity contribution is 6.01. The Labute approximate surface area is 195 Å². The molecule has 0 aliphatic carbocycles. The third kappa shape index (κ3) is 5.74. The van der Waals surface area contributed by atoms with Crippen molar-refractivity contribution in [2.45, 2.75) is 6.42 Å². The summed E-state index contributed by atoms with van der Waals surface area (Å²) in [5.41, 5.74) is 3.07. The minimum Gasteiger partial charge on any atom is -0.497 e. The van der Waals surface area contributed by atoms with Gasteiger partial charge in [0.15, 0.2) is 6.61 Å². The molecule has 2 aromatic carbocycles. The minimum atomic E-state index is -0.836. The predicted octanol–water partition coefficient (Wildman–Crippen LogP) is 1.39. The fourth-order valence-corrected chi connectivity index (χ4v) is 3.38. The number of carbonyl (C=O) groups is 4. The molecule has 11 heteroatoms. The maximum absolute atomic E-state index is 12.8. The van der Waals surface area contributed by atoms with Crippen LogP contribution < -0.4 is 25.0 Å². The number of carbonyl (C=O) groups excluding carboxylic acids is 4. The van der Waals surface area contributed by atoms with Crippen molar-refractivity contribution in [2.24, 2.45) is 5.92 Å². The van der Waals surface area contributed by atoms with Crippen molar-refractivity contribution in [3.63, 3.8) is 0 Å². The van der Waals surface area contributed by atoms with E-state index in [9.17, 15) is 19.2 Å². The van der Waals surface area contributed by atoms with Gasteiger partial charge in [-0.2, -0.15) is 0 Å². The van der Waals surface area contributed by atoms with E-state index in [0.29, 0.717) is 11.4 Å². The normalized spacial score (nSPS) is 14.9. The van der Waals surface area contributed by atoms with E-state index in [2.05, 4.69) is 10.7 Å². The van der Waals surface area contributed by atoms with Gasteiger partial charge in [0.05, 0.1) is 33.8 Å². The zero-order valence-electron chi connectivity index (χ0n) is 19.0. The van der Waals surface area contributed by atoms with Crippen LogP contribution in [0.5, 0.6) is 17.2 Å². The summed E-state index contributed by atoms with van der Waals surface area (Å²) in [7, 11) is 4.32. The maximum atomic E-state index is 12.8. The molecule has 0 radical (unpaired) electrons. The first kappa shape index (κ1) is 24.4. The van der Waals surface area contributed by atoms with Gasteiger partial charge in [-0.25, -0.2) is 0 Å². The molecule has 1 aliphatic heterocycles. The zero-order chi connectivity index (χ0) is 24.7. The number of amides is 3. The molecule has 1 aliphatic rings. The topological polar surface area (TPSA) is 132 Å². The Hall–Kier alpha value is -4.28. The van der Waals surface area contributed by atoms with E-state index < -0.39 is 36.2 Å². The van der Waals surface area contributed by atoms with E-state index >= 15 is 0 Å². The molecule has 2 aromatic rings. The summed E-state index contributed by atoms with van der Waals surface area (Å²) in [5, 5.41) is 3.63. The van der Waals surface area contributed by atoms with Crippen LogP contribution in [0.1, 0.15) is 16.8 Å². The smallest absolute Gasteiger partial charge is 0.311 e. The number of methoxy groups -OCH3 is 3. The van der Waals surface area contributed by atoms with E-state index in [1.165, 1.54) is 21.3 Å². The lowest BCUT2D eigenvalue weighted by molar-refractivity contribution is -0.151. The first-order valence-corrected chi connectivity index (χ1v) is 10.3. The van der Waals surface area contributed by atoms with Gasteiger partial charge in [-0.05, 0) is 24.3 Å². The van der Waals surface area contributed by atoms with Crippen molar-refractivity contribution in [2.75, 3.05) is 39.8 Å². The van der Waals surface area contributed by atoms with Gasteiger partial charge >= 0.3 is 5.97 Å². The number of benzene rings is 2. The average Bonchev–Trinajstić information content (AvgIpc) is 3.21. The Morgan fingerprint density at radius 1 is 1.00 bits per heavy atom. The summed E-state index contributed by atoms with van der Waals surface area (Å²) in [6.45, 7) is -0.621. The number of hydrogen-bond donors (Lipinski definition) is 2. The molecule has 34 heavy (non-hydrogen) atoms. The number of hydrazine groups is 1. The number of anilines is 1. The van der Waals surface area contributed by atoms with Crippen LogP contribution in [0, 0.1) is 5.92 Å². The molecule has 0 spiro atoms. The van der Waals surface area contributed by atoms with Gasteiger partial charge < -0.3 is 24.3 Å². The van der Waals surface area contributed by atoms with Gasteiger partial charge in [0.1, 0.15) is 22.8 Å². The van der Waals surface area contributed by atoms with E-state index in [-0.39, 0.29) is 30.0 Å². The van der Waals surface area contributed by atoms with E-state index in [4.69, 9.17) is 18.9 Å². The number of nitrogens with zero attached hydrogens (tertiary/aromatic N) is 1. The molecule has 11 nitrogen and oxygen atoms in total. The first-order chi connectivity index (χ1) is 16.4. The van der Waals surface area contributed by atoms with E-state index in [1.54, 1.807) is 42.5 Å². The Morgan fingerprint density at radius 2 is 1.68 bits per heavy atom. The van der Waals surface area contributed by atoms with Crippen molar-refractivity contribution in [3.05, 3.63) is 48.0 Å². The highest BCUT2D eigenvalue weighted by atomic mass is 16.5. The average molecular weight is 471 g/mol. The van der Waals surface area contributed by atoms with Crippen LogP contribution in [0.3, 0.4) is 0 Å². The van der Waals surface area contributed by atoms with Crippen molar-refractivity contribution in [1.29, 1.82) is 0 Å². The van der Waals surface area contributed by atoms with Gasteiger partial charge in [0.25, 0.3) is 11.8 Å². The molecule has 3 rings (SSSR count). The third-order valence-corrected chi connectivity index (χ3v) is 5.05. The predicted molar refractivity (Wildman–Crippen MR) is 119 cm³/mol. The molecule has 1 fully saturated rings. The third-order valence-electron chi connectivity index (χ3n) is 5.05. The maximum Gasteiger partial charge on any atom is 0.311 e. The molecule has 0 aromatic heterocycles. The molecule has 3 amide bonds. The second-order valence-corrected chi connectivity index (χ2v) is 7.27. The zero-order valence-corrected chi connectivity index (χ0v) is 19.0. The molecule has 0 saturated carbocycles. The van der Waals surface area contributed by atoms with Crippen LogP contribution in [0.2, 0.25) is 0 Å². The highest BCUT2D eigenvalue weighted by Gasteiger charge is 2.37. The Balaban J connectivity index is 1.54. The van der Waals surface area contributed by atoms with Crippen molar-refractivity contribution in [3.8, 4) is 17.2 Å². The molecule has 1 atom stereocenters. The second-order valence-electron chi connectivity index (χ2n) is 7.27. The van der Waals surface area contributed by atoms with Gasteiger partial charge in [-0.15, -0.1) is 0 Å². The van der Waals surface area contributed by atoms with Gasteiger partial charge in [0.2, 0.25) is 5.91 Å². The fraction of sp³-hybridized carbons (Fsp3) is 0.304. The lowest BCUT2D eigenvalue weighted by Crippen LogP contribution is -2.43. The van der Waals surface area contributed by atoms with Crippen LogP contribution in [-0.4, -0.2) is 63.2 Å². The van der Waals surface area contributed by atoms with Crippen LogP contribution in [0.15, 0.2) is 42.5 Å². The molecule has 0 bridgehead atoms. The summed E-state index contributed by atoms with van der Waals surface area (Å²) in [4.78, 5) is 49.6. The Morgan fingerprint density at radius 3 is 2.32 bits per heavy atom. The number of hydrogen-bond acceptors (Lipinski definition) is 8. The van der Waals surface area contributed by atoms with Crippen LogP contribution in [0.25, 0.3) is 0 Å². The number of nitrogens with one attached hydrogen (secondary N) is 2. The number of esters is 1. The summed E-state index contributed by atoms with van der Waals surface area (Å²) < 4.78 is 20.6. The van der Waals surface area contributed by atoms with Gasteiger partial charge in [-0.1, -0.05) is 12.1 Å². The molecule has 2 N–H and O–H groups in total. The van der Waals surface area contributed by atoms with Gasteiger partial charge in [0, 0.05) is 18.2 Å². The summed E-state index contributed by atoms with van der Waals surface area (Å²) in [6, 6.07) is 11.5. The number of rotatable bonds is 9. The number of ether oxygens (including phenoxy) is 4. The van der Waals surface area contributed by atoms with Crippen molar-refractivity contribution >= 4 is 29.4 Å². The second kappa shape index (κ2) is 11.0. The molecule has 180 valence electrons. The Bertz CT molecular complexity index is 1070. The van der Waals surface area contributed by atoms with Gasteiger partial charge in [-0.3, -0.25) is 29.6 Å².